The van der Waals surface area contributed by atoms with Gasteiger partial charge in [0.15, 0.2) is 11.5 Å². The number of nitrogens with one attached hydrogen (secondary N) is 1. The van der Waals surface area contributed by atoms with Gasteiger partial charge >= 0.3 is 0 Å². The summed E-state index contributed by atoms with van der Waals surface area (Å²) in [5, 5.41) is 12.6. The number of hydrogen-bond donors (Lipinski definition) is 2. The molecule has 0 spiro atoms. The summed E-state index contributed by atoms with van der Waals surface area (Å²) in [6, 6.07) is 16.6. The summed E-state index contributed by atoms with van der Waals surface area (Å²) in [5.74, 6) is -2.19. The molecule has 0 unspecified atom stereocenters. The average Bonchev–Trinajstić information content (AvgIpc) is 3.44. The van der Waals surface area contributed by atoms with Gasteiger partial charge in [-0.3, -0.25) is 14.4 Å². The van der Waals surface area contributed by atoms with E-state index in [1.807, 2.05) is 47.9 Å². The van der Waals surface area contributed by atoms with Gasteiger partial charge in [-0.1, -0.05) is 30.3 Å². The highest BCUT2D eigenvalue weighted by atomic mass is 19.1. The number of nitrogens with zero attached hydrogens (tertiary/aromatic N) is 4. The van der Waals surface area contributed by atoms with E-state index in [0.29, 0.717) is 34.3 Å². The zero-order chi connectivity index (χ0) is 28.7. The molecule has 40 heavy (non-hydrogen) atoms. The maximum absolute atomic E-state index is 14.8. The minimum Gasteiger partial charge on any atom is -0.381 e. The number of carbonyl (C=O) groups excluding carboxylic acids is 2. The summed E-state index contributed by atoms with van der Waals surface area (Å²) >= 11 is 0. The molecular weight excluding hydrogens is 515 g/mol. The molecule has 0 atom stereocenters. The van der Waals surface area contributed by atoms with Crippen molar-refractivity contribution in [1.82, 2.24) is 14.3 Å². The molecule has 3 aromatic heterocycles. The van der Waals surface area contributed by atoms with E-state index in [-0.39, 0.29) is 28.2 Å². The molecule has 2 amide bonds. The van der Waals surface area contributed by atoms with Gasteiger partial charge in [-0.15, -0.1) is 0 Å². The first kappa shape index (κ1) is 26.1. The summed E-state index contributed by atoms with van der Waals surface area (Å²) in [4.78, 5) is 41.6. The van der Waals surface area contributed by atoms with Gasteiger partial charge in [0.1, 0.15) is 17.5 Å². The Morgan fingerprint density at radius 1 is 1.15 bits per heavy atom. The van der Waals surface area contributed by atoms with Crippen molar-refractivity contribution < 1.29 is 18.5 Å². The summed E-state index contributed by atoms with van der Waals surface area (Å²) < 4.78 is 23.3. The van der Waals surface area contributed by atoms with Crippen LogP contribution in [0, 0.1) is 24.1 Å². The molecular formula is C29H23FN6O4. The smallest absolute Gasteiger partial charge is 0.290 e. The average molecular weight is 539 g/mol. The number of carbonyl (C=O) groups is 2. The van der Waals surface area contributed by atoms with Crippen LogP contribution in [0.1, 0.15) is 39.2 Å². The molecule has 0 bridgehead atoms. The molecule has 0 aliphatic carbocycles. The number of nitriles is 1. The number of halogens is 1. The van der Waals surface area contributed by atoms with Gasteiger partial charge in [0.05, 0.1) is 22.3 Å². The Balaban J connectivity index is 1.61. The lowest BCUT2D eigenvalue weighted by molar-refractivity contribution is 0.0991. The van der Waals surface area contributed by atoms with Gasteiger partial charge in [-0.25, -0.2) is 9.37 Å². The maximum atomic E-state index is 14.8. The van der Waals surface area contributed by atoms with Crippen molar-refractivity contribution in [1.29, 1.82) is 5.26 Å². The third-order valence-corrected chi connectivity index (χ3v) is 6.63. The van der Waals surface area contributed by atoms with Gasteiger partial charge in [0.2, 0.25) is 0 Å². The Morgan fingerprint density at radius 2 is 1.85 bits per heavy atom. The topological polar surface area (TPSA) is 149 Å². The highest BCUT2D eigenvalue weighted by Crippen LogP contribution is 2.32. The number of rotatable bonds is 6. The van der Waals surface area contributed by atoms with Crippen LogP contribution in [0.3, 0.4) is 0 Å². The van der Waals surface area contributed by atoms with Gasteiger partial charge < -0.3 is 20.1 Å². The lowest BCUT2D eigenvalue weighted by Gasteiger charge is -2.12. The number of aryl methyl sites for hydroxylation is 3. The van der Waals surface area contributed by atoms with Crippen LogP contribution in [0.4, 0.5) is 10.1 Å². The zero-order valence-electron chi connectivity index (χ0n) is 21.8. The first-order valence-electron chi connectivity index (χ1n) is 12.3. The van der Waals surface area contributed by atoms with Gasteiger partial charge in [-0.2, -0.15) is 10.0 Å². The Bertz CT molecular complexity index is 1930. The highest BCUT2D eigenvalue weighted by molar-refractivity contribution is 6.12. The first-order chi connectivity index (χ1) is 19.1. The third-order valence-electron chi connectivity index (χ3n) is 6.63. The number of amides is 2. The standard InChI is InChI=1S/C29H23FN6O4/c1-4-36-22(16-8-10-17(11-9-16)23-15(2)40-35(3)29(23)39)13-18-12-19(14-31)33-25(26(18)36)28(38)34-21-7-5-6-20(24(21)30)27(32)37/h5-13H,4H2,1-3H3,(H2,32,37)(H,34,38). The van der Waals surface area contributed by atoms with Crippen LogP contribution in [0.2, 0.25) is 0 Å². The second-order valence-corrected chi connectivity index (χ2v) is 9.07. The molecule has 10 nitrogen and oxygen atoms in total. The van der Waals surface area contributed by atoms with Crippen LogP contribution in [0.15, 0.2) is 63.9 Å². The SMILES string of the molecule is CCn1c(-c2ccc(-c3c(C)on(C)c3=O)cc2)cc2cc(C#N)nc(C(=O)Nc3cccc(C(N)=O)c3F)c21. The molecule has 0 radical (unpaired) electrons. The van der Waals surface area contributed by atoms with Crippen molar-refractivity contribution in [3.8, 4) is 28.5 Å². The number of anilines is 1. The Hall–Kier alpha value is -5.50. The van der Waals surface area contributed by atoms with Crippen molar-refractivity contribution in [2.24, 2.45) is 12.8 Å². The minimum atomic E-state index is -0.973. The molecule has 0 aliphatic rings. The molecule has 3 heterocycles. The summed E-state index contributed by atoms with van der Waals surface area (Å²) in [6.45, 7) is 4.06. The predicted octanol–water partition coefficient (Wildman–Crippen LogP) is 4.35. The van der Waals surface area contributed by atoms with Crippen LogP contribution in [-0.2, 0) is 13.6 Å². The van der Waals surface area contributed by atoms with E-state index in [1.165, 1.54) is 22.9 Å². The van der Waals surface area contributed by atoms with E-state index in [2.05, 4.69) is 10.3 Å². The van der Waals surface area contributed by atoms with E-state index in [9.17, 15) is 24.0 Å². The predicted molar refractivity (Wildman–Crippen MR) is 146 cm³/mol. The van der Waals surface area contributed by atoms with Crippen molar-refractivity contribution in [3.63, 3.8) is 0 Å². The van der Waals surface area contributed by atoms with Crippen LogP contribution >= 0.6 is 0 Å². The zero-order valence-corrected chi connectivity index (χ0v) is 21.8. The largest absolute Gasteiger partial charge is 0.381 e. The number of primary amides is 1. The second-order valence-electron chi connectivity index (χ2n) is 9.07. The number of hydrogen-bond acceptors (Lipinski definition) is 6. The number of pyridine rings is 1. The fraction of sp³-hybridized carbons (Fsp3) is 0.138. The lowest BCUT2D eigenvalue weighted by Crippen LogP contribution is -2.19. The van der Waals surface area contributed by atoms with Crippen LogP contribution < -0.4 is 16.6 Å². The van der Waals surface area contributed by atoms with E-state index in [1.54, 1.807) is 20.0 Å². The molecule has 0 saturated heterocycles. The Morgan fingerprint density at radius 3 is 2.45 bits per heavy atom. The summed E-state index contributed by atoms with van der Waals surface area (Å²) in [6.07, 6.45) is 0. The van der Waals surface area contributed by atoms with Gasteiger partial charge in [0, 0.05) is 24.7 Å². The van der Waals surface area contributed by atoms with E-state index >= 15 is 0 Å². The Kier molecular flexibility index (Phi) is 6.53. The van der Waals surface area contributed by atoms with Gasteiger partial charge in [0.25, 0.3) is 17.4 Å². The van der Waals surface area contributed by atoms with Crippen LogP contribution in [-0.4, -0.2) is 26.1 Å². The van der Waals surface area contributed by atoms with Crippen molar-refractivity contribution in [2.75, 3.05) is 5.32 Å². The summed E-state index contributed by atoms with van der Waals surface area (Å²) in [5.41, 5.74) is 7.45. The second kappa shape index (κ2) is 9.99. The van der Waals surface area contributed by atoms with Gasteiger partial charge in [-0.05, 0) is 49.2 Å². The van der Waals surface area contributed by atoms with Crippen LogP contribution in [0.25, 0.3) is 33.3 Å². The van der Waals surface area contributed by atoms with E-state index in [4.69, 9.17) is 10.3 Å². The molecule has 0 aliphatic heterocycles. The third kappa shape index (κ3) is 4.31. The normalized spacial score (nSPS) is 11.0. The minimum absolute atomic E-state index is 0.00503. The number of fused-ring (bicyclic) bond motifs is 1. The maximum Gasteiger partial charge on any atom is 0.290 e. The molecule has 0 fully saturated rings. The number of benzene rings is 2. The molecule has 11 heteroatoms. The van der Waals surface area contributed by atoms with Crippen molar-refractivity contribution >= 4 is 28.4 Å². The molecule has 5 rings (SSSR count). The quantitative estimate of drug-likeness (QED) is 0.328. The fourth-order valence-electron chi connectivity index (χ4n) is 4.82. The molecule has 2 aromatic carbocycles. The number of nitrogens with two attached hydrogens (primary N) is 1. The molecule has 5 aromatic rings. The van der Waals surface area contributed by atoms with Crippen LogP contribution in [0.5, 0.6) is 0 Å². The molecule has 3 N–H and O–H groups in total. The first-order valence-corrected chi connectivity index (χ1v) is 12.3. The molecule has 200 valence electrons. The van der Waals surface area contributed by atoms with E-state index < -0.39 is 17.6 Å². The van der Waals surface area contributed by atoms with E-state index in [0.717, 1.165) is 11.3 Å². The number of aromatic nitrogens is 3. The van der Waals surface area contributed by atoms with Crippen molar-refractivity contribution in [3.05, 3.63) is 93.5 Å². The Labute approximate surface area is 227 Å². The highest BCUT2D eigenvalue weighted by Gasteiger charge is 2.23. The fourth-order valence-corrected chi connectivity index (χ4v) is 4.82. The lowest BCUT2D eigenvalue weighted by atomic mass is 10.0. The van der Waals surface area contributed by atoms with Crippen molar-refractivity contribution in [2.45, 2.75) is 20.4 Å². The monoisotopic (exact) mass is 538 g/mol. The molecule has 0 saturated carbocycles. The summed E-state index contributed by atoms with van der Waals surface area (Å²) in [7, 11) is 1.55.